The number of para-hydroxylation sites is 1. The third kappa shape index (κ3) is 6.19. The molecule has 8 heteroatoms. The van der Waals surface area contributed by atoms with Crippen molar-refractivity contribution in [1.29, 1.82) is 0 Å². The van der Waals surface area contributed by atoms with Crippen LogP contribution in [0.25, 0.3) is 0 Å². The molecule has 1 aromatic heterocycles. The van der Waals surface area contributed by atoms with E-state index in [1.807, 2.05) is 30.3 Å². The molecular formula is C25H32N8. The van der Waals surface area contributed by atoms with Crippen LogP contribution in [-0.4, -0.2) is 47.3 Å². The van der Waals surface area contributed by atoms with Crippen molar-refractivity contribution in [3.63, 3.8) is 0 Å². The lowest BCUT2D eigenvalue weighted by molar-refractivity contribution is 0.568. The minimum Gasteiger partial charge on any atom is -0.372 e. The summed E-state index contributed by atoms with van der Waals surface area (Å²) in [6.07, 6.45) is 5.33. The Morgan fingerprint density at radius 2 is 1.58 bits per heavy atom. The molecule has 1 aliphatic rings. The Morgan fingerprint density at radius 3 is 2.27 bits per heavy atom. The number of anilines is 5. The van der Waals surface area contributed by atoms with Crippen molar-refractivity contribution in [2.75, 3.05) is 46.7 Å². The number of nitrogens with zero attached hydrogens (tertiary/aromatic N) is 6. The van der Waals surface area contributed by atoms with E-state index in [4.69, 9.17) is 0 Å². The number of hydrogen-bond donors (Lipinski definition) is 2. The fraction of sp³-hybridized carbons (Fsp3) is 0.360. The third-order valence-corrected chi connectivity index (χ3v) is 5.69. The molecule has 1 fully saturated rings. The van der Waals surface area contributed by atoms with Crippen LogP contribution in [0.4, 0.5) is 29.2 Å². The van der Waals surface area contributed by atoms with Crippen molar-refractivity contribution in [1.82, 2.24) is 15.0 Å². The number of piperidine rings is 1. The van der Waals surface area contributed by atoms with Crippen LogP contribution in [0.1, 0.15) is 38.7 Å². The molecule has 1 aliphatic heterocycles. The molecule has 2 N–H and O–H groups in total. The van der Waals surface area contributed by atoms with Gasteiger partial charge in [-0.1, -0.05) is 30.3 Å². The minimum atomic E-state index is 0.417. The number of benzene rings is 2. The van der Waals surface area contributed by atoms with Crippen LogP contribution in [0.2, 0.25) is 0 Å². The van der Waals surface area contributed by atoms with E-state index in [0.29, 0.717) is 17.8 Å². The molecule has 2 aromatic carbocycles. The predicted octanol–water partition coefficient (Wildman–Crippen LogP) is 4.90. The van der Waals surface area contributed by atoms with E-state index in [0.717, 1.165) is 50.3 Å². The van der Waals surface area contributed by atoms with Crippen molar-refractivity contribution in [3.05, 3.63) is 60.2 Å². The van der Waals surface area contributed by atoms with Crippen LogP contribution in [0.5, 0.6) is 0 Å². The number of nitrogens with one attached hydrogen (secondary N) is 2. The molecule has 2 heterocycles. The lowest BCUT2D eigenvalue weighted by Crippen LogP contribution is -2.31. The summed E-state index contributed by atoms with van der Waals surface area (Å²) < 4.78 is 0. The molecule has 0 amide bonds. The van der Waals surface area contributed by atoms with Crippen LogP contribution in [0.15, 0.2) is 59.7 Å². The first-order chi connectivity index (χ1) is 16.2. The zero-order chi connectivity index (χ0) is 22.9. The Kier molecular flexibility index (Phi) is 7.68. The van der Waals surface area contributed by atoms with Crippen molar-refractivity contribution in [2.45, 2.75) is 33.1 Å². The van der Waals surface area contributed by atoms with Gasteiger partial charge in [-0.05, 0) is 62.9 Å². The molecule has 0 unspecified atom stereocenters. The first kappa shape index (κ1) is 22.5. The van der Waals surface area contributed by atoms with Crippen LogP contribution >= 0.6 is 0 Å². The summed E-state index contributed by atoms with van der Waals surface area (Å²) in [7, 11) is 0. The Hall–Kier alpha value is -3.68. The molecular weight excluding hydrogens is 412 g/mol. The molecule has 33 heavy (non-hydrogen) atoms. The van der Waals surface area contributed by atoms with Gasteiger partial charge in [0.15, 0.2) is 0 Å². The van der Waals surface area contributed by atoms with Gasteiger partial charge in [-0.15, -0.1) is 0 Å². The lowest BCUT2D eigenvalue weighted by atomic mass is 10.1. The second-order valence-corrected chi connectivity index (χ2v) is 7.96. The molecule has 0 radical (unpaired) electrons. The van der Waals surface area contributed by atoms with E-state index in [2.05, 4.69) is 78.7 Å². The minimum absolute atomic E-state index is 0.417. The summed E-state index contributed by atoms with van der Waals surface area (Å²) >= 11 is 0. The molecule has 0 saturated carbocycles. The summed E-state index contributed by atoms with van der Waals surface area (Å²) in [6.45, 7) is 8.22. The number of hydrazone groups is 1. The summed E-state index contributed by atoms with van der Waals surface area (Å²) in [5.74, 6) is 1.59. The van der Waals surface area contributed by atoms with Crippen molar-refractivity contribution in [3.8, 4) is 0 Å². The first-order valence-corrected chi connectivity index (χ1v) is 11.7. The fourth-order valence-corrected chi connectivity index (χ4v) is 3.88. The topological polar surface area (TPSA) is 81.6 Å². The highest BCUT2D eigenvalue weighted by molar-refractivity contribution is 5.80. The van der Waals surface area contributed by atoms with Gasteiger partial charge < -0.3 is 15.1 Å². The Labute approximate surface area is 195 Å². The first-order valence-electron chi connectivity index (χ1n) is 11.7. The van der Waals surface area contributed by atoms with Gasteiger partial charge in [-0.25, -0.2) is 5.43 Å². The van der Waals surface area contributed by atoms with E-state index < -0.39 is 0 Å². The van der Waals surface area contributed by atoms with Crippen LogP contribution in [0.3, 0.4) is 0 Å². The predicted molar refractivity (Wildman–Crippen MR) is 137 cm³/mol. The molecule has 4 rings (SSSR count). The number of aromatic nitrogens is 3. The highest BCUT2D eigenvalue weighted by Crippen LogP contribution is 2.21. The van der Waals surface area contributed by atoms with Gasteiger partial charge in [0, 0.05) is 37.6 Å². The monoisotopic (exact) mass is 444 g/mol. The summed E-state index contributed by atoms with van der Waals surface area (Å²) in [5.41, 5.74) is 6.13. The molecule has 0 bridgehead atoms. The Bertz CT molecular complexity index is 1030. The van der Waals surface area contributed by atoms with E-state index in [1.54, 1.807) is 6.21 Å². The van der Waals surface area contributed by atoms with Crippen LogP contribution in [0, 0.1) is 0 Å². The fourth-order valence-electron chi connectivity index (χ4n) is 3.88. The van der Waals surface area contributed by atoms with Gasteiger partial charge in [-0.3, -0.25) is 0 Å². The van der Waals surface area contributed by atoms with Crippen LogP contribution in [-0.2, 0) is 0 Å². The lowest BCUT2D eigenvalue weighted by Gasteiger charge is -2.26. The Balaban J connectivity index is 1.50. The molecule has 0 aliphatic carbocycles. The second kappa shape index (κ2) is 11.3. The SMILES string of the molecule is CCN(CC)c1ccc(/C=N\Nc2nc(Nc3ccccc3)nc(N3CCCCC3)n2)cc1. The van der Waals surface area contributed by atoms with Gasteiger partial charge in [0.1, 0.15) is 0 Å². The van der Waals surface area contributed by atoms with E-state index in [1.165, 1.54) is 12.1 Å². The summed E-state index contributed by atoms with van der Waals surface area (Å²) in [5, 5.41) is 7.65. The normalized spacial score (nSPS) is 13.8. The van der Waals surface area contributed by atoms with Crippen molar-refractivity contribution >= 4 is 35.4 Å². The average Bonchev–Trinajstić information content (AvgIpc) is 2.87. The van der Waals surface area contributed by atoms with Gasteiger partial charge in [-0.2, -0.15) is 20.1 Å². The smallest absolute Gasteiger partial charge is 0.250 e. The molecule has 3 aromatic rings. The Morgan fingerprint density at radius 1 is 0.879 bits per heavy atom. The molecule has 1 saturated heterocycles. The van der Waals surface area contributed by atoms with Crippen LogP contribution < -0.4 is 20.5 Å². The molecule has 8 nitrogen and oxygen atoms in total. The quantitative estimate of drug-likeness (QED) is 0.359. The third-order valence-electron chi connectivity index (χ3n) is 5.69. The standard InChI is InChI=1S/C25H32N8/c1-3-32(4-2)22-15-13-20(14-16-22)19-26-31-24-28-23(27-21-11-7-5-8-12-21)29-25(30-24)33-17-9-6-10-18-33/h5,7-8,11-16,19H,3-4,6,9-10,17-18H2,1-2H3,(H2,27,28,29,30,31)/b26-19-. The maximum atomic E-state index is 4.66. The highest BCUT2D eigenvalue weighted by Gasteiger charge is 2.16. The van der Waals surface area contributed by atoms with Gasteiger partial charge in [0.05, 0.1) is 6.21 Å². The van der Waals surface area contributed by atoms with E-state index in [9.17, 15) is 0 Å². The zero-order valence-electron chi connectivity index (χ0n) is 19.4. The van der Waals surface area contributed by atoms with E-state index >= 15 is 0 Å². The van der Waals surface area contributed by atoms with Gasteiger partial charge >= 0.3 is 0 Å². The molecule has 0 atom stereocenters. The highest BCUT2D eigenvalue weighted by atomic mass is 15.4. The van der Waals surface area contributed by atoms with Gasteiger partial charge in [0.25, 0.3) is 0 Å². The maximum Gasteiger partial charge on any atom is 0.250 e. The average molecular weight is 445 g/mol. The second-order valence-electron chi connectivity index (χ2n) is 7.96. The van der Waals surface area contributed by atoms with Crippen molar-refractivity contribution < 1.29 is 0 Å². The largest absolute Gasteiger partial charge is 0.372 e. The molecule has 172 valence electrons. The summed E-state index contributed by atoms with van der Waals surface area (Å²) in [4.78, 5) is 18.3. The van der Waals surface area contributed by atoms with Gasteiger partial charge in [0.2, 0.25) is 17.8 Å². The van der Waals surface area contributed by atoms with Crippen molar-refractivity contribution in [2.24, 2.45) is 5.10 Å². The summed E-state index contributed by atoms with van der Waals surface area (Å²) in [6, 6.07) is 18.3. The van der Waals surface area contributed by atoms with E-state index in [-0.39, 0.29) is 0 Å². The zero-order valence-corrected chi connectivity index (χ0v) is 19.4. The maximum absolute atomic E-state index is 4.66. The number of hydrogen-bond acceptors (Lipinski definition) is 8. The molecule has 0 spiro atoms. The number of rotatable bonds is 9.